The SMILES string of the molecule is CS(=O)(=O)N1CC[C@@H](C(=O)Nc2cccc(Cl)c2)Oc2ccc(Cl)cc21. The molecule has 0 saturated heterocycles. The molecule has 138 valence electrons. The second kappa shape index (κ2) is 7.34. The Balaban J connectivity index is 1.88. The minimum atomic E-state index is -3.55. The predicted octanol–water partition coefficient (Wildman–Crippen LogP) is 3.55. The van der Waals surface area contributed by atoms with Gasteiger partial charge in [-0.1, -0.05) is 29.3 Å². The number of rotatable bonds is 3. The van der Waals surface area contributed by atoms with Gasteiger partial charge < -0.3 is 10.1 Å². The van der Waals surface area contributed by atoms with Crippen molar-refractivity contribution in [1.82, 2.24) is 0 Å². The van der Waals surface area contributed by atoms with Crippen molar-refractivity contribution in [3.8, 4) is 5.75 Å². The summed E-state index contributed by atoms with van der Waals surface area (Å²) in [5.74, 6) is -0.105. The molecular weight excluding hydrogens is 399 g/mol. The summed E-state index contributed by atoms with van der Waals surface area (Å²) in [5.41, 5.74) is 0.852. The van der Waals surface area contributed by atoms with Gasteiger partial charge in [0.1, 0.15) is 5.75 Å². The van der Waals surface area contributed by atoms with Crippen LogP contribution in [-0.2, 0) is 14.8 Å². The quantitative estimate of drug-likeness (QED) is 0.832. The fourth-order valence-electron chi connectivity index (χ4n) is 2.67. The van der Waals surface area contributed by atoms with Crippen LogP contribution in [0.15, 0.2) is 42.5 Å². The number of sulfonamides is 1. The van der Waals surface area contributed by atoms with Crippen molar-refractivity contribution >= 4 is 50.5 Å². The van der Waals surface area contributed by atoms with E-state index in [1.54, 1.807) is 36.4 Å². The van der Waals surface area contributed by atoms with Gasteiger partial charge in [-0.2, -0.15) is 0 Å². The molecule has 0 aromatic heterocycles. The van der Waals surface area contributed by atoms with E-state index in [-0.39, 0.29) is 24.6 Å². The summed E-state index contributed by atoms with van der Waals surface area (Å²) in [4.78, 5) is 12.6. The van der Waals surface area contributed by atoms with E-state index in [2.05, 4.69) is 5.32 Å². The van der Waals surface area contributed by atoms with Gasteiger partial charge in [0.05, 0.1) is 11.9 Å². The fourth-order valence-corrected chi connectivity index (χ4v) is 3.96. The van der Waals surface area contributed by atoms with Gasteiger partial charge in [0.25, 0.3) is 5.91 Å². The third-order valence-electron chi connectivity index (χ3n) is 3.84. The Labute approximate surface area is 161 Å². The fraction of sp³-hybridized carbons (Fsp3) is 0.235. The van der Waals surface area contributed by atoms with Crippen molar-refractivity contribution in [2.45, 2.75) is 12.5 Å². The van der Waals surface area contributed by atoms with Crippen LogP contribution in [0.4, 0.5) is 11.4 Å². The first-order valence-electron chi connectivity index (χ1n) is 7.74. The molecule has 1 atom stereocenters. The van der Waals surface area contributed by atoms with Crippen molar-refractivity contribution in [3.63, 3.8) is 0 Å². The summed E-state index contributed by atoms with van der Waals surface area (Å²) in [6.07, 6.45) is 0.427. The molecule has 26 heavy (non-hydrogen) atoms. The normalized spacial score (nSPS) is 17.0. The van der Waals surface area contributed by atoms with E-state index in [4.69, 9.17) is 27.9 Å². The summed E-state index contributed by atoms with van der Waals surface area (Å²) in [7, 11) is -3.55. The number of halogens is 2. The molecule has 2 aromatic rings. The molecule has 2 aromatic carbocycles. The molecule has 0 spiro atoms. The Hall–Kier alpha value is -1.96. The zero-order valence-electron chi connectivity index (χ0n) is 13.8. The van der Waals surface area contributed by atoms with Crippen molar-refractivity contribution in [3.05, 3.63) is 52.5 Å². The average Bonchev–Trinajstić information content (AvgIpc) is 2.73. The van der Waals surface area contributed by atoms with Crippen LogP contribution in [0, 0.1) is 0 Å². The lowest BCUT2D eigenvalue weighted by Crippen LogP contribution is -2.35. The molecule has 0 radical (unpaired) electrons. The number of anilines is 2. The molecule has 1 N–H and O–H groups in total. The second-order valence-corrected chi connectivity index (χ2v) is 8.62. The van der Waals surface area contributed by atoms with E-state index in [0.29, 0.717) is 21.4 Å². The lowest BCUT2D eigenvalue weighted by Gasteiger charge is -2.21. The Morgan fingerprint density at radius 2 is 1.92 bits per heavy atom. The summed E-state index contributed by atoms with van der Waals surface area (Å²) < 4.78 is 31.2. The lowest BCUT2D eigenvalue weighted by atomic mass is 10.2. The molecule has 0 fully saturated rings. The van der Waals surface area contributed by atoms with Gasteiger partial charge in [-0.25, -0.2) is 8.42 Å². The third kappa shape index (κ3) is 4.23. The highest BCUT2D eigenvalue weighted by Gasteiger charge is 2.31. The predicted molar refractivity (Wildman–Crippen MR) is 103 cm³/mol. The number of amides is 1. The van der Waals surface area contributed by atoms with Crippen molar-refractivity contribution in [2.75, 3.05) is 22.4 Å². The van der Waals surface area contributed by atoms with Crippen molar-refractivity contribution in [1.29, 1.82) is 0 Å². The van der Waals surface area contributed by atoms with Crippen molar-refractivity contribution < 1.29 is 17.9 Å². The van der Waals surface area contributed by atoms with E-state index in [1.807, 2.05) is 0 Å². The van der Waals surface area contributed by atoms with Gasteiger partial charge in [-0.15, -0.1) is 0 Å². The second-order valence-electron chi connectivity index (χ2n) is 5.84. The first-order valence-corrected chi connectivity index (χ1v) is 10.3. The van der Waals surface area contributed by atoms with E-state index in [1.165, 1.54) is 10.4 Å². The monoisotopic (exact) mass is 414 g/mol. The average molecular weight is 415 g/mol. The standard InChI is InChI=1S/C17H16Cl2N2O4S/c1-26(23,24)21-8-7-16(25-15-6-5-12(19)10-14(15)21)17(22)20-13-4-2-3-11(18)9-13/h2-6,9-10,16H,7-8H2,1H3,(H,20,22)/t16-/m0/s1. The number of nitrogens with zero attached hydrogens (tertiary/aromatic N) is 1. The van der Waals surface area contributed by atoms with Crippen LogP contribution in [0.25, 0.3) is 0 Å². The van der Waals surface area contributed by atoms with Crippen LogP contribution in [0.1, 0.15) is 6.42 Å². The van der Waals surface area contributed by atoms with E-state index in [9.17, 15) is 13.2 Å². The molecule has 0 bridgehead atoms. The molecule has 9 heteroatoms. The highest BCUT2D eigenvalue weighted by molar-refractivity contribution is 7.92. The molecule has 1 amide bonds. The number of ether oxygens (including phenoxy) is 1. The van der Waals surface area contributed by atoms with Crippen LogP contribution in [0.5, 0.6) is 5.75 Å². The Bertz CT molecular complexity index is 950. The lowest BCUT2D eigenvalue weighted by molar-refractivity contribution is -0.122. The van der Waals surface area contributed by atoms with Crippen LogP contribution in [0.3, 0.4) is 0 Å². The van der Waals surface area contributed by atoms with Gasteiger partial charge in [-0.3, -0.25) is 9.10 Å². The van der Waals surface area contributed by atoms with Gasteiger partial charge in [-0.05, 0) is 36.4 Å². The number of nitrogens with one attached hydrogen (secondary N) is 1. The number of benzene rings is 2. The molecule has 0 saturated carbocycles. The van der Waals surface area contributed by atoms with Gasteiger partial charge in [0.2, 0.25) is 10.0 Å². The highest BCUT2D eigenvalue weighted by atomic mass is 35.5. The molecule has 0 aliphatic carbocycles. The minimum absolute atomic E-state index is 0.0970. The summed E-state index contributed by atoms with van der Waals surface area (Å²) in [6, 6.07) is 11.4. The maximum atomic E-state index is 12.6. The molecule has 1 heterocycles. The largest absolute Gasteiger partial charge is 0.478 e. The molecule has 1 aliphatic rings. The number of hydrogen-bond acceptors (Lipinski definition) is 4. The molecule has 1 aliphatic heterocycles. The number of fused-ring (bicyclic) bond motifs is 1. The molecule has 6 nitrogen and oxygen atoms in total. The van der Waals surface area contributed by atoms with Crippen LogP contribution < -0.4 is 14.4 Å². The summed E-state index contributed by atoms with van der Waals surface area (Å²) in [6.45, 7) is 0.0970. The Kier molecular flexibility index (Phi) is 5.32. The van der Waals surface area contributed by atoms with Gasteiger partial charge >= 0.3 is 0 Å². The maximum Gasteiger partial charge on any atom is 0.265 e. The molecule has 0 unspecified atom stereocenters. The first-order chi connectivity index (χ1) is 12.2. The molecule has 3 rings (SSSR count). The van der Waals surface area contributed by atoms with E-state index < -0.39 is 16.1 Å². The number of carbonyl (C=O) groups is 1. The van der Waals surface area contributed by atoms with Crippen LogP contribution >= 0.6 is 23.2 Å². The minimum Gasteiger partial charge on any atom is -0.478 e. The number of carbonyl (C=O) groups excluding carboxylic acids is 1. The first kappa shape index (κ1) is 18.8. The summed E-state index contributed by atoms with van der Waals surface area (Å²) >= 11 is 11.9. The van der Waals surface area contributed by atoms with Gasteiger partial charge in [0.15, 0.2) is 6.10 Å². The maximum absolute atomic E-state index is 12.6. The topological polar surface area (TPSA) is 75.7 Å². The van der Waals surface area contributed by atoms with E-state index in [0.717, 1.165) is 6.26 Å². The van der Waals surface area contributed by atoms with Crippen molar-refractivity contribution in [2.24, 2.45) is 0 Å². The number of hydrogen-bond donors (Lipinski definition) is 1. The van der Waals surface area contributed by atoms with Crippen LogP contribution in [-0.4, -0.2) is 33.2 Å². The Morgan fingerprint density at radius 1 is 1.19 bits per heavy atom. The van der Waals surface area contributed by atoms with Crippen LogP contribution in [0.2, 0.25) is 10.0 Å². The molecular formula is C17H16Cl2N2O4S. The zero-order chi connectivity index (χ0) is 18.9. The highest BCUT2D eigenvalue weighted by Crippen LogP contribution is 2.36. The van der Waals surface area contributed by atoms with Gasteiger partial charge in [0, 0.05) is 28.7 Å². The van der Waals surface area contributed by atoms with E-state index >= 15 is 0 Å². The summed E-state index contributed by atoms with van der Waals surface area (Å²) in [5, 5.41) is 3.60. The zero-order valence-corrected chi connectivity index (χ0v) is 16.1. The smallest absolute Gasteiger partial charge is 0.265 e. The third-order valence-corrected chi connectivity index (χ3v) is 5.49. The Morgan fingerprint density at radius 3 is 2.62 bits per heavy atom.